The Balaban J connectivity index is 2.17. The minimum Gasteiger partial charge on any atom is -0.378 e. The van der Waals surface area contributed by atoms with Gasteiger partial charge in [0.25, 0.3) is 0 Å². The van der Waals surface area contributed by atoms with Crippen LogP contribution in [-0.4, -0.2) is 36.3 Å². The summed E-state index contributed by atoms with van der Waals surface area (Å²) in [7, 11) is 0. The fraction of sp³-hybridized carbons (Fsp3) is 0.600. The average Bonchev–Trinajstić information content (AvgIpc) is 2.30. The van der Waals surface area contributed by atoms with Crippen LogP contribution in [0.15, 0.2) is 6.20 Å². The van der Waals surface area contributed by atoms with Crippen molar-refractivity contribution >= 4 is 17.5 Å². The van der Waals surface area contributed by atoms with Crippen LogP contribution in [0.5, 0.6) is 0 Å². The van der Waals surface area contributed by atoms with Gasteiger partial charge in [-0.15, -0.1) is 11.6 Å². The highest BCUT2D eigenvalue weighted by Gasteiger charge is 2.14. The molecule has 1 aliphatic rings. The molecular weight excluding hydrogens is 214 g/mol. The molecule has 1 fully saturated rings. The second-order valence-electron chi connectivity index (χ2n) is 3.51. The van der Waals surface area contributed by atoms with Crippen molar-refractivity contribution < 1.29 is 4.74 Å². The molecule has 1 aromatic heterocycles. The summed E-state index contributed by atoms with van der Waals surface area (Å²) in [6.07, 6.45) is 1.81. The van der Waals surface area contributed by atoms with Gasteiger partial charge in [0.15, 0.2) is 0 Å². The Morgan fingerprint density at radius 2 is 2.20 bits per heavy atom. The van der Waals surface area contributed by atoms with E-state index in [4.69, 9.17) is 16.3 Å². The molecule has 0 spiro atoms. The van der Waals surface area contributed by atoms with Crippen LogP contribution in [0.4, 0.5) is 5.95 Å². The van der Waals surface area contributed by atoms with Gasteiger partial charge in [-0.3, -0.25) is 0 Å². The standard InChI is InChI=1S/C10H14ClN3O/c1-8-9(6-11)7-12-10(13-8)14-2-4-15-5-3-14/h7H,2-6H2,1H3. The first-order valence-corrected chi connectivity index (χ1v) is 5.56. The predicted molar refractivity (Wildman–Crippen MR) is 59.4 cm³/mol. The van der Waals surface area contributed by atoms with E-state index in [1.54, 1.807) is 6.20 Å². The summed E-state index contributed by atoms with van der Waals surface area (Å²) in [4.78, 5) is 10.9. The van der Waals surface area contributed by atoms with Gasteiger partial charge < -0.3 is 9.64 Å². The van der Waals surface area contributed by atoms with Crippen LogP contribution in [0.2, 0.25) is 0 Å². The van der Waals surface area contributed by atoms with Crippen LogP contribution < -0.4 is 4.90 Å². The zero-order chi connectivity index (χ0) is 10.7. The molecule has 1 aromatic rings. The number of rotatable bonds is 2. The molecule has 2 rings (SSSR count). The molecule has 82 valence electrons. The number of hydrogen-bond donors (Lipinski definition) is 0. The van der Waals surface area contributed by atoms with Crippen LogP contribution in [0.3, 0.4) is 0 Å². The first kappa shape index (κ1) is 10.6. The molecule has 0 radical (unpaired) electrons. The van der Waals surface area contributed by atoms with Gasteiger partial charge in [0.1, 0.15) is 0 Å². The summed E-state index contributed by atoms with van der Waals surface area (Å²) in [5.41, 5.74) is 1.95. The number of alkyl halides is 1. The third-order valence-corrected chi connectivity index (χ3v) is 2.79. The van der Waals surface area contributed by atoms with Crippen molar-refractivity contribution in [2.45, 2.75) is 12.8 Å². The number of hydrogen-bond acceptors (Lipinski definition) is 4. The molecule has 0 unspecified atom stereocenters. The van der Waals surface area contributed by atoms with Crippen molar-refractivity contribution in [3.05, 3.63) is 17.5 Å². The number of morpholine rings is 1. The normalized spacial score (nSPS) is 16.8. The van der Waals surface area contributed by atoms with E-state index < -0.39 is 0 Å². The van der Waals surface area contributed by atoms with Crippen LogP contribution >= 0.6 is 11.6 Å². The van der Waals surface area contributed by atoms with Gasteiger partial charge in [0, 0.05) is 30.5 Å². The van der Waals surface area contributed by atoms with Gasteiger partial charge in [0.2, 0.25) is 5.95 Å². The van der Waals surface area contributed by atoms with Crippen molar-refractivity contribution in [3.63, 3.8) is 0 Å². The molecule has 0 N–H and O–H groups in total. The summed E-state index contributed by atoms with van der Waals surface area (Å²) in [5, 5.41) is 0. The minimum atomic E-state index is 0.467. The summed E-state index contributed by atoms with van der Waals surface area (Å²) in [6.45, 7) is 5.18. The third-order valence-electron chi connectivity index (χ3n) is 2.51. The molecule has 0 bridgehead atoms. The molecule has 0 aromatic carbocycles. The second-order valence-corrected chi connectivity index (χ2v) is 3.78. The first-order chi connectivity index (χ1) is 7.31. The fourth-order valence-corrected chi connectivity index (χ4v) is 1.79. The molecule has 5 heteroatoms. The molecule has 1 aliphatic heterocycles. The van der Waals surface area contributed by atoms with E-state index in [2.05, 4.69) is 14.9 Å². The second kappa shape index (κ2) is 4.77. The van der Waals surface area contributed by atoms with E-state index >= 15 is 0 Å². The van der Waals surface area contributed by atoms with Gasteiger partial charge in [-0.25, -0.2) is 9.97 Å². The van der Waals surface area contributed by atoms with Crippen molar-refractivity contribution in [2.75, 3.05) is 31.2 Å². The van der Waals surface area contributed by atoms with Crippen molar-refractivity contribution in [2.24, 2.45) is 0 Å². The number of anilines is 1. The van der Waals surface area contributed by atoms with Crippen molar-refractivity contribution in [1.29, 1.82) is 0 Å². The highest BCUT2D eigenvalue weighted by molar-refractivity contribution is 6.17. The summed E-state index contributed by atoms with van der Waals surface area (Å²) >= 11 is 5.76. The van der Waals surface area contributed by atoms with E-state index in [-0.39, 0.29) is 0 Å². The molecule has 15 heavy (non-hydrogen) atoms. The smallest absolute Gasteiger partial charge is 0.225 e. The zero-order valence-corrected chi connectivity index (χ0v) is 9.50. The van der Waals surface area contributed by atoms with Crippen LogP contribution in [0, 0.1) is 6.92 Å². The average molecular weight is 228 g/mol. The summed E-state index contributed by atoms with van der Waals surface area (Å²) in [6, 6.07) is 0. The highest BCUT2D eigenvalue weighted by atomic mass is 35.5. The van der Waals surface area contributed by atoms with E-state index in [1.165, 1.54) is 0 Å². The quantitative estimate of drug-likeness (QED) is 0.716. The predicted octanol–water partition coefficient (Wildman–Crippen LogP) is 1.36. The SMILES string of the molecule is Cc1nc(N2CCOCC2)ncc1CCl. The molecule has 0 atom stereocenters. The van der Waals surface area contributed by atoms with E-state index in [0.717, 1.165) is 43.5 Å². The maximum Gasteiger partial charge on any atom is 0.225 e. The van der Waals surface area contributed by atoms with Crippen molar-refractivity contribution in [1.82, 2.24) is 9.97 Å². The topological polar surface area (TPSA) is 38.2 Å². The fourth-order valence-electron chi connectivity index (χ4n) is 1.53. The Morgan fingerprint density at radius 1 is 1.47 bits per heavy atom. The summed E-state index contributed by atoms with van der Waals surface area (Å²) < 4.78 is 5.28. The molecule has 1 saturated heterocycles. The third kappa shape index (κ3) is 2.38. The minimum absolute atomic E-state index is 0.467. The lowest BCUT2D eigenvalue weighted by atomic mass is 10.3. The highest BCUT2D eigenvalue weighted by Crippen LogP contribution is 2.13. The van der Waals surface area contributed by atoms with Gasteiger partial charge in [-0.05, 0) is 6.92 Å². The van der Waals surface area contributed by atoms with E-state index in [0.29, 0.717) is 5.88 Å². The number of nitrogens with zero attached hydrogens (tertiary/aromatic N) is 3. The monoisotopic (exact) mass is 227 g/mol. The van der Waals surface area contributed by atoms with Crippen LogP contribution in [-0.2, 0) is 10.6 Å². The van der Waals surface area contributed by atoms with Gasteiger partial charge in [-0.2, -0.15) is 0 Å². The molecular formula is C10H14ClN3O. The Bertz CT molecular complexity index is 339. The largest absolute Gasteiger partial charge is 0.378 e. The Morgan fingerprint density at radius 3 is 2.80 bits per heavy atom. The van der Waals surface area contributed by atoms with Gasteiger partial charge in [-0.1, -0.05) is 0 Å². The maximum absolute atomic E-state index is 5.76. The Labute approximate surface area is 94.2 Å². The lowest BCUT2D eigenvalue weighted by Crippen LogP contribution is -2.37. The van der Waals surface area contributed by atoms with Crippen LogP contribution in [0.1, 0.15) is 11.3 Å². The number of ether oxygens (including phenoxy) is 1. The number of aryl methyl sites for hydroxylation is 1. The van der Waals surface area contributed by atoms with Crippen LogP contribution in [0.25, 0.3) is 0 Å². The summed E-state index contributed by atoms with van der Waals surface area (Å²) in [5.74, 6) is 1.25. The molecule has 0 amide bonds. The Kier molecular flexibility index (Phi) is 3.38. The molecule has 2 heterocycles. The number of halogens is 1. The first-order valence-electron chi connectivity index (χ1n) is 5.02. The molecule has 4 nitrogen and oxygen atoms in total. The maximum atomic E-state index is 5.76. The van der Waals surface area contributed by atoms with Gasteiger partial charge in [0.05, 0.1) is 19.1 Å². The molecule has 0 aliphatic carbocycles. The number of aromatic nitrogens is 2. The lowest BCUT2D eigenvalue weighted by Gasteiger charge is -2.26. The van der Waals surface area contributed by atoms with E-state index in [1.807, 2.05) is 6.92 Å². The Hall–Kier alpha value is -0.870. The lowest BCUT2D eigenvalue weighted by molar-refractivity contribution is 0.122. The molecule has 0 saturated carbocycles. The zero-order valence-electron chi connectivity index (χ0n) is 8.74. The van der Waals surface area contributed by atoms with E-state index in [9.17, 15) is 0 Å². The van der Waals surface area contributed by atoms with Gasteiger partial charge >= 0.3 is 0 Å². The van der Waals surface area contributed by atoms with Crippen molar-refractivity contribution in [3.8, 4) is 0 Å².